The third kappa shape index (κ3) is 2.35. The van der Waals surface area contributed by atoms with Crippen LogP contribution in [0.2, 0.25) is 0 Å². The summed E-state index contributed by atoms with van der Waals surface area (Å²) in [6.07, 6.45) is 5.32. The summed E-state index contributed by atoms with van der Waals surface area (Å²) in [7, 11) is 0. The maximum atomic E-state index is 9.95. The zero-order chi connectivity index (χ0) is 13.4. The lowest BCUT2D eigenvalue weighted by molar-refractivity contribution is 0.140. The number of aliphatic hydroxyl groups excluding tert-OH is 1. The van der Waals surface area contributed by atoms with E-state index in [0.29, 0.717) is 11.7 Å². The molecule has 2 heterocycles. The third-order valence-electron chi connectivity index (χ3n) is 4.19. The highest BCUT2D eigenvalue weighted by atomic mass is 16.3. The highest BCUT2D eigenvalue weighted by Crippen LogP contribution is 2.28. The molecule has 102 valence electrons. The van der Waals surface area contributed by atoms with Crippen LogP contribution in [-0.4, -0.2) is 45.7 Å². The number of hydrogen-bond donors (Lipinski definition) is 2. The fourth-order valence-electron chi connectivity index (χ4n) is 3.08. The molecule has 2 aliphatic rings. The molecule has 0 saturated carbocycles. The summed E-state index contributed by atoms with van der Waals surface area (Å²) in [5.41, 5.74) is 9.18. The number of nitrogens with zero attached hydrogens (tertiary/aromatic N) is 3. The van der Waals surface area contributed by atoms with Gasteiger partial charge in [0, 0.05) is 31.6 Å². The fourth-order valence-corrected chi connectivity index (χ4v) is 3.08. The third-order valence-corrected chi connectivity index (χ3v) is 4.19. The van der Waals surface area contributed by atoms with Crippen LogP contribution in [-0.2, 0) is 6.42 Å². The molecular formula is C14H20N4O. The zero-order valence-electron chi connectivity index (χ0n) is 11.2. The lowest BCUT2D eigenvalue weighted by atomic mass is 10.0. The number of aromatic nitrogens is 2. The van der Waals surface area contributed by atoms with Gasteiger partial charge in [0.15, 0.2) is 0 Å². The van der Waals surface area contributed by atoms with Crippen LogP contribution in [0.4, 0.5) is 5.82 Å². The van der Waals surface area contributed by atoms with Crippen molar-refractivity contribution >= 4 is 11.9 Å². The van der Waals surface area contributed by atoms with Gasteiger partial charge < -0.3 is 10.8 Å². The van der Waals surface area contributed by atoms with Gasteiger partial charge in [-0.2, -0.15) is 0 Å². The molecule has 1 aromatic rings. The molecule has 1 aromatic heterocycles. The Morgan fingerprint density at radius 2 is 2.26 bits per heavy atom. The Hall–Kier alpha value is -1.46. The number of aliphatic hydroxyl groups is 1. The molecule has 0 spiro atoms. The predicted octanol–water partition coefficient (Wildman–Crippen LogP) is 0.701. The summed E-state index contributed by atoms with van der Waals surface area (Å²) < 4.78 is 0. The van der Waals surface area contributed by atoms with Crippen molar-refractivity contribution in [3.63, 3.8) is 0 Å². The second-order valence-electron chi connectivity index (χ2n) is 5.53. The topological polar surface area (TPSA) is 75.3 Å². The maximum Gasteiger partial charge on any atom is 0.130 e. The van der Waals surface area contributed by atoms with Crippen molar-refractivity contribution in [2.45, 2.75) is 25.9 Å². The van der Waals surface area contributed by atoms with Crippen molar-refractivity contribution < 1.29 is 5.11 Å². The Bertz CT molecular complexity index is 514. The molecule has 1 fully saturated rings. The highest BCUT2D eigenvalue weighted by Gasteiger charge is 2.30. The zero-order valence-corrected chi connectivity index (χ0v) is 11.2. The van der Waals surface area contributed by atoms with E-state index >= 15 is 0 Å². The Morgan fingerprint density at radius 3 is 2.95 bits per heavy atom. The molecule has 0 amide bonds. The second kappa shape index (κ2) is 4.90. The molecule has 0 bridgehead atoms. The summed E-state index contributed by atoms with van der Waals surface area (Å²) in [5.74, 6) is 0.999. The Kier molecular flexibility index (Phi) is 3.24. The van der Waals surface area contributed by atoms with Crippen molar-refractivity contribution in [1.82, 2.24) is 14.9 Å². The van der Waals surface area contributed by atoms with Gasteiger partial charge in [0.05, 0.1) is 11.8 Å². The predicted molar refractivity (Wildman–Crippen MR) is 74.4 cm³/mol. The quantitative estimate of drug-likeness (QED) is 0.837. The smallest absolute Gasteiger partial charge is 0.130 e. The van der Waals surface area contributed by atoms with Gasteiger partial charge in [-0.15, -0.1) is 0 Å². The number of β-amino-alcohol motifs (C(OH)–C–C–N with tert-alkyl or cyclic N) is 1. The van der Waals surface area contributed by atoms with Gasteiger partial charge in [0.2, 0.25) is 0 Å². The van der Waals surface area contributed by atoms with Crippen LogP contribution >= 0.6 is 0 Å². The molecule has 3 N–H and O–H groups in total. The van der Waals surface area contributed by atoms with Gasteiger partial charge in [0.1, 0.15) is 12.1 Å². The first-order valence-electron chi connectivity index (χ1n) is 6.86. The van der Waals surface area contributed by atoms with Crippen molar-refractivity contribution in [2.75, 3.05) is 25.4 Å². The monoisotopic (exact) mass is 260 g/mol. The summed E-state index contributed by atoms with van der Waals surface area (Å²) in [4.78, 5) is 10.6. The number of hydrogen-bond acceptors (Lipinski definition) is 5. The molecule has 1 saturated heterocycles. The molecule has 5 heteroatoms. The SMILES string of the molecule is CC[C@@H]1CN(CC2=Cc3ncnc(N)c3C2)C[C@@H]1O. The lowest BCUT2D eigenvalue weighted by Crippen LogP contribution is -2.24. The molecule has 0 aromatic carbocycles. The number of rotatable bonds is 3. The van der Waals surface area contributed by atoms with E-state index in [-0.39, 0.29) is 6.10 Å². The van der Waals surface area contributed by atoms with E-state index in [9.17, 15) is 5.11 Å². The van der Waals surface area contributed by atoms with Gasteiger partial charge in [0.25, 0.3) is 0 Å². The Labute approximate surface area is 113 Å². The second-order valence-corrected chi connectivity index (χ2v) is 5.53. The molecule has 1 aliphatic carbocycles. The van der Waals surface area contributed by atoms with Crippen molar-refractivity contribution in [2.24, 2.45) is 5.92 Å². The summed E-state index contributed by atoms with van der Waals surface area (Å²) >= 11 is 0. The highest BCUT2D eigenvalue weighted by molar-refractivity contribution is 5.65. The average Bonchev–Trinajstić information content (AvgIpc) is 2.94. The molecule has 3 rings (SSSR count). The van der Waals surface area contributed by atoms with E-state index < -0.39 is 0 Å². The van der Waals surface area contributed by atoms with Gasteiger partial charge in [-0.3, -0.25) is 4.90 Å². The standard InChI is InChI=1S/C14H20N4O/c1-2-10-6-18(7-13(10)19)5-9-3-11-12(4-9)16-8-17-14(11)15/h4,8,10,13,19H,2-3,5-7H2,1H3,(H2,15,16,17)/t10-,13+/m1/s1. The minimum atomic E-state index is -0.181. The minimum absolute atomic E-state index is 0.181. The maximum absolute atomic E-state index is 9.95. The van der Waals surface area contributed by atoms with Crippen LogP contribution in [0.3, 0.4) is 0 Å². The van der Waals surface area contributed by atoms with Crippen LogP contribution in [0.15, 0.2) is 11.9 Å². The number of anilines is 1. The fraction of sp³-hybridized carbons (Fsp3) is 0.571. The molecule has 5 nitrogen and oxygen atoms in total. The lowest BCUT2D eigenvalue weighted by Gasteiger charge is -2.15. The van der Waals surface area contributed by atoms with E-state index in [2.05, 4.69) is 27.9 Å². The molecule has 0 radical (unpaired) electrons. The van der Waals surface area contributed by atoms with Gasteiger partial charge in [-0.25, -0.2) is 9.97 Å². The molecule has 19 heavy (non-hydrogen) atoms. The van der Waals surface area contributed by atoms with Crippen molar-refractivity contribution in [3.8, 4) is 0 Å². The normalized spacial score (nSPS) is 26.5. The number of nitrogens with two attached hydrogens (primary N) is 1. The number of likely N-dealkylation sites (tertiary alicyclic amines) is 1. The summed E-state index contributed by atoms with van der Waals surface area (Å²) in [6, 6.07) is 0. The molecular weight excluding hydrogens is 240 g/mol. The van der Waals surface area contributed by atoms with E-state index in [1.807, 2.05) is 0 Å². The summed E-state index contributed by atoms with van der Waals surface area (Å²) in [6.45, 7) is 4.78. The van der Waals surface area contributed by atoms with Crippen LogP contribution in [0.25, 0.3) is 6.08 Å². The van der Waals surface area contributed by atoms with E-state index in [4.69, 9.17) is 5.73 Å². The first-order chi connectivity index (χ1) is 9.17. The van der Waals surface area contributed by atoms with Gasteiger partial charge >= 0.3 is 0 Å². The van der Waals surface area contributed by atoms with Crippen LogP contribution in [0.1, 0.15) is 24.6 Å². The van der Waals surface area contributed by atoms with Crippen LogP contribution in [0, 0.1) is 5.92 Å². The van der Waals surface area contributed by atoms with Crippen molar-refractivity contribution in [1.29, 1.82) is 0 Å². The van der Waals surface area contributed by atoms with E-state index in [0.717, 1.165) is 43.7 Å². The average molecular weight is 260 g/mol. The van der Waals surface area contributed by atoms with E-state index in [1.165, 1.54) is 11.9 Å². The molecule has 1 aliphatic heterocycles. The number of nitrogen functional groups attached to an aromatic ring is 1. The van der Waals surface area contributed by atoms with Crippen molar-refractivity contribution in [3.05, 3.63) is 23.2 Å². The van der Waals surface area contributed by atoms with Crippen LogP contribution in [0.5, 0.6) is 0 Å². The van der Waals surface area contributed by atoms with E-state index in [1.54, 1.807) is 0 Å². The molecule has 0 unspecified atom stereocenters. The van der Waals surface area contributed by atoms with Gasteiger partial charge in [-0.1, -0.05) is 6.92 Å². The Morgan fingerprint density at radius 1 is 1.42 bits per heavy atom. The first-order valence-corrected chi connectivity index (χ1v) is 6.86. The molecule has 2 atom stereocenters. The van der Waals surface area contributed by atoms with Crippen LogP contribution < -0.4 is 5.73 Å². The Balaban J connectivity index is 1.66. The number of fused-ring (bicyclic) bond motifs is 1. The summed E-state index contributed by atoms with van der Waals surface area (Å²) in [5, 5.41) is 9.95. The minimum Gasteiger partial charge on any atom is -0.391 e. The van der Waals surface area contributed by atoms with Gasteiger partial charge in [-0.05, 0) is 24.0 Å². The largest absolute Gasteiger partial charge is 0.391 e. The first kappa shape index (κ1) is 12.6.